The van der Waals surface area contributed by atoms with Gasteiger partial charge < -0.3 is 10.2 Å². The van der Waals surface area contributed by atoms with E-state index in [1.807, 2.05) is 18.2 Å². The first-order valence-electron chi connectivity index (χ1n) is 5.73. The van der Waals surface area contributed by atoms with E-state index >= 15 is 0 Å². The monoisotopic (exact) mass is 240 g/mol. The van der Waals surface area contributed by atoms with E-state index in [0.717, 1.165) is 24.5 Å². The van der Waals surface area contributed by atoms with Crippen LogP contribution < -0.4 is 5.32 Å². The molecule has 0 unspecified atom stereocenters. The quantitative estimate of drug-likeness (QED) is 0.770. The molecular formula is C13H21ClN2. The van der Waals surface area contributed by atoms with Crippen molar-refractivity contribution in [3.63, 3.8) is 0 Å². The van der Waals surface area contributed by atoms with Crippen LogP contribution in [0.5, 0.6) is 0 Å². The number of rotatable bonds is 6. The van der Waals surface area contributed by atoms with Gasteiger partial charge in [0.1, 0.15) is 0 Å². The minimum absolute atomic E-state index is 0.362. The number of nitrogens with one attached hydrogen (secondary N) is 1. The van der Waals surface area contributed by atoms with Gasteiger partial charge in [0.25, 0.3) is 0 Å². The highest BCUT2D eigenvalue weighted by molar-refractivity contribution is 6.30. The Hall–Kier alpha value is -0.570. The molecule has 90 valence electrons. The lowest BCUT2D eigenvalue weighted by atomic mass is 10.1. The van der Waals surface area contributed by atoms with Crippen molar-refractivity contribution in [2.75, 3.05) is 27.2 Å². The molecule has 1 aromatic rings. The Morgan fingerprint density at radius 2 is 2.12 bits per heavy atom. The van der Waals surface area contributed by atoms with Gasteiger partial charge in [-0.2, -0.15) is 0 Å². The fourth-order valence-corrected chi connectivity index (χ4v) is 1.81. The molecule has 0 saturated carbocycles. The maximum atomic E-state index is 5.96. The van der Waals surface area contributed by atoms with E-state index in [1.54, 1.807) is 0 Å². The fourth-order valence-electron chi connectivity index (χ4n) is 1.61. The number of hydrogen-bond acceptors (Lipinski definition) is 2. The second-order valence-corrected chi connectivity index (χ2v) is 4.82. The predicted molar refractivity (Wildman–Crippen MR) is 71.0 cm³/mol. The summed E-state index contributed by atoms with van der Waals surface area (Å²) in [5, 5.41) is 4.30. The van der Waals surface area contributed by atoms with E-state index in [4.69, 9.17) is 11.6 Å². The molecule has 0 spiro atoms. The number of nitrogens with zero attached hydrogens (tertiary/aromatic N) is 1. The second-order valence-electron chi connectivity index (χ2n) is 4.39. The summed E-state index contributed by atoms with van der Waals surface area (Å²) >= 11 is 5.96. The van der Waals surface area contributed by atoms with Crippen LogP contribution in [0.3, 0.4) is 0 Å². The topological polar surface area (TPSA) is 15.3 Å². The van der Waals surface area contributed by atoms with Crippen LogP contribution in [-0.4, -0.2) is 32.1 Å². The van der Waals surface area contributed by atoms with Crippen molar-refractivity contribution >= 4 is 11.6 Å². The summed E-state index contributed by atoms with van der Waals surface area (Å²) in [6.07, 6.45) is 1.16. The normalized spacial score (nSPS) is 13.1. The van der Waals surface area contributed by atoms with Crippen LogP contribution in [0.15, 0.2) is 24.3 Å². The lowest BCUT2D eigenvalue weighted by molar-refractivity contribution is 0.389. The number of halogens is 1. The predicted octanol–water partition coefficient (Wildman–Crippen LogP) is 2.94. The Morgan fingerprint density at radius 1 is 1.38 bits per heavy atom. The zero-order valence-corrected chi connectivity index (χ0v) is 11.1. The van der Waals surface area contributed by atoms with Crippen LogP contribution in [0.2, 0.25) is 5.02 Å². The van der Waals surface area contributed by atoms with Crippen LogP contribution in [0.25, 0.3) is 0 Å². The van der Waals surface area contributed by atoms with E-state index in [1.165, 1.54) is 5.56 Å². The highest BCUT2D eigenvalue weighted by Crippen LogP contribution is 2.16. The van der Waals surface area contributed by atoms with E-state index in [-0.39, 0.29) is 0 Å². The molecule has 1 aromatic carbocycles. The van der Waals surface area contributed by atoms with E-state index in [2.05, 4.69) is 37.3 Å². The molecule has 2 nitrogen and oxygen atoms in total. The minimum atomic E-state index is 0.362. The van der Waals surface area contributed by atoms with Crippen LogP contribution in [-0.2, 0) is 0 Å². The molecule has 0 saturated heterocycles. The van der Waals surface area contributed by atoms with Gasteiger partial charge in [-0.3, -0.25) is 0 Å². The molecule has 0 amide bonds. The third kappa shape index (κ3) is 4.97. The molecule has 0 bridgehead atoms. The number of benzene rings is 1. The van der Waals surface area contributed by atoms with E-state index in [9.17, 15) is 0 Å². The van der Waals surface area contributed by atoms with Crippen molar-refractivity contribution < 1.29 is 0 Å². The molecule has 0 radical (unpaired) electrons. The van der Waals surface area contributed by atoms with Crippen LogP contribution in [0.1, 0.15) is 24.9 Å². The molecule has 1 atom stereocenters. The first-order chi connectivity index (χ1) is 7.59. The van der Waals surface area contributed by atoms with Crippen molar-refractivity contribution in [1.29, 1.82) is 0 Å². The van der Waals surface area contributed by atoms with Crippen molar-refractivity contribution in [2.24, 2.45) is 0 Å². The lowest BCUT2D eigenvalue weighted by Gasteiger charge is -2.15. The highest BCUT2D eigenvalue weighted by Gasteiger charge is 2.04. The second kappa shape index (κ2) is 6.89. The molecule has 0 heterocycles. The molecule has 16 heavy (non-hydrogen) atoms. The van der Waals surface area contributed by atoms with Gasteiger partial charge in [-0.1, -0.05) is 23.7 Å². The van der Waals surface area contributed by atoms with Crippen molar-refractivity contribution in [3.8, 4) is 0 Å². The SMILES string of the molecule is C[C@@H](NCCCN(C)C)c1cccc(Cl)c1. The number of hydrogen-bond donors (Lipinski definition) is 1. The highest BCUT2D eigenvalue weighted by atomic mass is 35.5. The zero-order chi connectivity index (χ0) is 12.0. The maximum absolute atomic E-state index is 5.96. The molecule has 1 rings (SSSR count). The molecule has 1 N–H and O–H groups in total. The summed E-state index contributed by atoms with van der Waals surface area (Å²) in [7, 11) is 4.20. The smallest absolute Gasteiger partial charge is 0.0409 e. The third-order valence-corrected chi connectivity index (χ3v) is 2.82. The Morgan fingerprint density at radius 3 is 2.75 bits per heavy atom. The van der Waals surface area contributed by atoms with Crippen molar-refractivity contribution in [3.05, 3.63) is 34.9 Å². The minimum Gasteiger partial charge on any atom is -0.310 e. The molecule has 3 heteroatoms. The van der Waals surface area contributed by atoms with Crippen LogP contribution >= 0.6 is 11.6 Å². The first kappa shape index (κ1) is 13.5. The van der Waals surface area contributed by atoms with E-state index < -0.39 is 0 Å². The Bertz CT molecular complexity index is 313. The Kier molecular flexibility index (Phi) is 5.81. The van der Waals surface area contributed by atoms with Crippen LogP contribution in [0.4, 0.5) is 0 Å². The van der Waals surface area contributed by atoms with E-state index in [0.29, 0.717) is 6.04 Å². The third-order valence-electron chi connectivity index (χ3n) is 2.58. The summed E-state index contributed by atoms with van der Waals surface area (Å²) in [6, 6.07) is 8.39. The largest absolute Gasteiger partial charge is 0.310 e. The maximum Gasteiger partial charge on any atom is 0.0409 e. The average Bonchev–Trinajstić information content (AvgIpc) is 2.24. The summed E-state index contributed by atoms with van der Waals surface area (Å²) in [6.45, 7) is 4.32. The zero-order valence-electron chi connectivity index (χ0n) is 10.3. The van der Waals surface area contributed by atoms with Crippen molar-refractivity contribution in [1.82, 2.24) is 10.2 Å². The summed E-state index contributed by atoms with van der Waals surface area (Å²) < 4.78 is 0. The summed E-state index contributed by atoms with van der Waals surface area (Å²) in [5.41, 5.74) is 1.25. The lowest BCUT2D eigenvalue weighted by Crippen LogP contribution is -2.23. The Balaban J connectivity index is 2.32. The molecule has 0 fully saturated rings. The molecule has 0 aromatic heterocycles. The van der Waals surface area contributed by atoms with Gasteiger partial charge in [0.15, 0.2) is 0 Å². The van der Waals surface area contributed by atoms with Gasteiger partial charge in [0, 0.05) is 11.1 Å². The van der Waals surface area contributed by atoms with Gasteiger partial charge in [0.2, 0.25) is 0 Å². The van der Waals surface area contributed by atoms with Gasteiger partial charge in [-0.15, -0.1) is 0 Å². The molecule has 0 aliphatic rings. The van der Waals surface area contributed by atoms with Crippen LogP contribution in [0, 0.1) is 0 Å². The van der Waals surface area contributed by atoms with Gasteiger partial charge >= 0.3 is 0 Å². The first-order valence-corrected chi connectivity index (χ1v) is 6.11. The molecule has 0 aliphatic heterocycles. The fraction of sp³-hybridized carbons (Fsp3) is 0.538. The Labute approximate surface area is 104 Å². The summed E-state index contributed by atoms with van der Waals surface area (Å²) in [5.74, 6) is 0. The average molecular weight is 241 g/mol. The molecular weight excluding hydrogens is 220 g/mol. The van der Waals surface area contributed by atoms with Gasteiger partial charge in [-0.05, 0) is 58.2 Å². The van der Waals surface area contributed by atoms with Gasteiger partial charge in [0.05, 0.1) is 0 Å². The summed E-state index contributed by atoms with van der Waals surface area (Å²) in [4.78, 5) is 2.20. The van der Waals surface area contributed by atoms with Crippen molar-refractivity contribution in [2.45, 2.75) is 19.4 Å². The standard InChI is InChI=1S/C13H21ClN2/c1-11(15-8-5-9-16(2)3)12-6-4-7-13(14)10-12/h4,6-7,10-11,15H,5,8-9H2,1-3H3/t11-/m1/s1. The van der Waals surface area contributed by atoms with Gasteiger partial charge in [-0.25, -0.2) is 0 Å². The molecule has 0 aliphatic carbocycles.